The van der Waals surface area contributed by atoms with Crippen molar-refractivity contribution >= 4 is 11.9 Å². The van der Waals surface area contributed by atoms with Crippen LogP contribution in [0.5, 0.6) is 5.75 Å². The largest absolute Gasteiger partial charge is 0.504 e. The normalized spacial score (nSPS) is 10.5. The Morgan fingerprint density at radius 2 is 1.84 bits per heavy atom. The predicted octanol–water partition coefficient (Wildman–Crippen LogP) is 4.46. The Hall–Kier alpha value is -3.21. The zero-order valence-corrected chi connectivity index (χ0v) is 14.3. The standard InChI is InChI=1S/C20H19NO4/c1-12-9-10-14(11-15(12)20(23)24-3)16-17(22)18(25-19(16)21-2)13-7-5-4-6-8-13/h4-11,21-22H,1-3H3. The quantitative estimate of drug-likeness (QED) is 0.688. The Bertz CT molecular complexity index is 913. The van der Waals surface area contributed by atoms with E-state index in [-0.39, 0.29) is 5.75 Å². The fraction of sp³-hybridized carbons (Fsp3) is 0.150. The van der Waals surface area contributed by atoms with Crippen LogP contribution in [0.15, 0.2) is 52.9 Å². The van der Waals surface area contributed by atoms with Crippen molar-refractivity contribution < 1.29 is 19.1 Å². The lowest BCUT2D eigenvalue weighted by atomic mass is 9.99. The van der Waals surface area contributed by atoms with Crippen LogP contribution in [0, 0.1) is 6.92 Å². The highest BCUT2D eigenvalue weighted by atomic mass is 16.5. The van der Waals surface area contributed by atoms with Crippen molar-refractivity contribution in [2.24, 2.45) is 0 Å². The van der Waals surface area contributed by atoms with Crippen molar-refractivity contribution in [2.75, 3.05) is 19.5 Å². The Balaban J connectivity index is 2.18. The van der Waals surface area contributed by atoms with Crippen LogP contribution in [0.2, 0.25) is 0 Å². The lowest BCUT2D eigenvalue weighted by molar-refractivity contribution is 0.0600. The molecule has 128 valence electrons. The van der Waals surface area contributed by atoms with Gasteiger partial charge < -0.3 is 19.6 Å². The number of aryl methyl sites for hydroxylation is 1. The molecule has 1 aromatic heterocycles. The van der Waals surface area contributed by atoms with Gasteiger partial charge in [-0.1, -0.05) is 42.5 Å². The van der Waals surface area contributed by atoms with E-state index in [1.54, 1.807) is 13.1 Å². The minimum Gasteiger partial charge on any atom is -0.504 e. The van der Waals surface area contributed by atoms with Gasteiger partial charge in [0.25, 0.3) is 0 Å². The topological polar surface area (TPSA) is 71.7 Å². The zero-order chi connectivity index (χ0) is 18.0. The van der Waals surface area contributed by atoms with Gasteiger partial charge >= 0.3 is 5.97 Å². The number of ether oxygens (including phenoxy) is 1. The van der Waals surface area contributed by atoms with Crippen LogP contribution < -0.4 is 5.32 Å². The van der Waals surface area contributed by atoms with Crippen molar-refractivity contribution in [3.63, 3.8) is 0 Å². The molecule has 3 rings (SSSR count). The Kier molecular flexibility index (Phi) is 4.48. The van der Waals surface area contributed by atoms with E-state index in [2.05, 4.69) is 5.32 Å². The first kappa shape index (κ1) is 16.6. The first-order chi connectivity index (χ1) is 12.1. The second-order valence-electron chi connectivity index (χ2n) is 5.62. The maximum Gasteiger partial charge on any atom is 0.338 e. The van der Waals surface area contributed by atoms with E-state index < -0.39 is 5.97 Å². The highest BCUT2D eigenvalue weighted by Gasteiger charge is 2.23. The van der Waals surface area contributed by atoms with E-state index in [1.807, 2.05) is 49.4 Å². The SMILES string of the molecule is CNc1oc(-c2ccccc2)c(O)c1-c1ccc(C)c(C(=O)OC)c1. The smallest absolute Gasteiger partial charge is 0.338 e. The number of carbonyl (C=O) groups is 1. The number of carbonyl (C=O) groups excluding carboxylic acids is 1. The predicted molar refractivity (Wildman–Crippen MR) is 96.9 cm³/mol. The molecule has 0 fully saturated rings. The number of methoxy groups -OCH3 is 1. The molecule has 0 radical (unpaired) electrons. The summed E-state index contributed by atoms with van der Waals surface area (Å²) in [6.07, 6.45) is 0. The van der Waals surface area contributed by atoms with Gasteiger partial charge in [0, 0.05) is 12.6 Å². The second kappa shape index (κ2) is 6.73. The highest BCUT2D eigenvalue weighted by Crippen LogP contribution is 2.46. The summed E-state index contributed by atoms with van der Waals surface area (Å²) in [5.41, 5.74) is 3.19. The maximum absolute atomic E-state index is 12.0. The van der Waals surface area contributed by atoms with E-state index >= 15 is 0 Å². The molecule has 0 amide bonds. The molecule has 3 aromatic rings. The number of rotatable bonds is 4. The molecule has 0 aliphatic rings. The third-order valence-electron chi connectivity index (χ3n) is 4.08. The summed E-state index contributed by atoms with van der Waals surface area (Å²) in [7, 11) is 3.06. The Morgan fingerprint density at radius 1 is 1.12 bits per heavy atom. The number of nitrogens with one attached hydrogen (secondary N) is 1. The number of benzene rings is 2. The number of hydrogen-bond acceptors (Lipinski definition) is 5. The number of furan rings is 1. The molecule has 0 saturated heterocycles. The fourth-order valence-electron chi connectivity index (χ4n) is 2.76. The fourth-order valence-corrected chi connectivity index (χ4v) is 2.76. The van der Waals surface area contributed by atoms with E-state index in [4.69, 9.17) is 9.15 Å². The van der Waals surface area contributed by atoms with Crippen LogP contribution in [-0.2, 0) is 4.74 Å². The summed E-state index contributed by atoms with van der Waals surface area (Å²) >= 11 is 0. The van der Waals surface area contributed by atoms with Gasteiger partial charge in [0.2, 0.25) is 5.88 Å². The van der Waals surface area contributed by atoms with Crippen LogP contribution in [-0.4, -0.2) is 25.2 Å². The number of hydrogen-bond donors (Lipinski definition) is 2. The molecule has 0 saturated carbocycles. The van der Waals surface area contributed by atoms with E-state index in [9.17, 15) is 9.90 Å². The summed E-state index contributed by atoms with van der Waals surface area (Å²) in [6, 6.07) is 14.7. The molecule has 0 aliphatic heterocycles. The van der Waals surface area contributed by atoms with Gasteiger partial charge in [0.05, 0.1) is 18.2 Å². The molecule has 25 heavy (non-hydrogen) atoms. The lowest BCUT2D eigenvalue weighted by Crippen LogP contribution is -2.04. The van der Waals surface area contributed by atoms with E-state index in [1.165, 1.54) is 7.11 Å². The van der Waals surface area contributed by atoms with E-state index in [0.717, 1.165) is 11.1 Å². The Labute approximate surface area is 145 Å². The summed E-state index contributed by atoms with van der Waals surface area (Å²) in [5.74, 6) is 0.406. The first-order valence-electron chi connectivity index (χ1n) is 7.85. The minimum atomic E-state index is -0.420. The number of esters is 1. The van der Waals surface area contributed by atoms with Crippen molar-refractivity contribution in [2.45, 2.75) is 6.92 Å². The molecule has 0 bridgehead atoms. The van der Waals surface area contributed by atoms with E-state index in [0.29, 0.717) is 28.3 Å². The first-order valence-corrected chi connectivity index (χ1v) is 7.85. The maximum atomic E-state index is 12.0. The molecule has 2 N–H and O–H groups in total. The van der Waals surface area contributed by atoms with Crippen LogP contribution in [0.1, 0.15) is 15.9 Å². The lowest BCUT2D eigenvalue weighted by Gasteiger charge is -2.08. The number of anilines is 1. The Morgan fingerprint density at radius 3 is 2.48 bits per heavy atom. The third kappa shape index (κ3) is 2.96. The molecular formula is C20H19NO4. The van der Waals surface area contributed by atoms with Crippen molar-refractivity contribution in [1.82, 2.24) is 0 Å². The summed E-state index contributed by atoms with van der Waals surface area (Å²) < 4.78 is 10.6. The molecule has 1 heterocycles. The summed E-state index contributed by atoms with van der Waals surface area (Å²) in [6.45, 7) is 1.83. The van der Waals surface area contributed by atoms with Gasteiger partial charge in [-0.15, -0.1) is 0 Å². The zero-order valence-electron chi connectivity index (χ0n) is 14.3. The molecule has 5 heteroatoms. The van der Waals surface area contributed by atoms with Crippen LogP contribution in [0.4, 0.5) is 5.88 Å². The van der Waals surface area contributed by atoms with Gasteiger partial charge in [-0.2, -0.15) is 0 Å². The molecule has 0 unspecified atom stereocenters. The molecular weight excluding hydrogens is 318 g/mol. The van der Waals surface area contributed by atoms with Gasteiger partial charge in [-0.3, -0.25) is 0 Å². The summed E-state index contributed by atoms with van der Waals surface area (Å²) in [5, 5.41) is 13.7. The average Bonchev–Trinajstić information content (AvgIpc) is 2.99. The summed E-state index contributed by atoms with van der Waals surface area (Å²) in [4.78, 5) is 12.0. The monoisotopic (exact) mass is 337 g/mol. The number of aromatic hydroxyl groups is 1. The third-order valence-corrected chi connectivity index (χ3v) is 4.08. The van der Waals surface area contributed by atoms with Crippen LogP contribution in [0.25, 0.3) is 22.5 Å². The van der Waals surface area contributed by atoms with Gasteiger partial charge in [0.15, 0.2) is 11.5 Å². The highest BCUT2D eigenvalue weighted by molar-refractivity contribution is 5.95. The van der Waals surface area contributed by atoms with Crippen LogP contribution in [0.3, 0.4) is 0 Å². The minimum absolute atomic E-state index is 0.0234. The molecule has 5 nitrogen and oxygen atoms in total. The van der Waals surface area contributed by atoms with Crippen molar-refractivity contribution in [3.8, 4) is 28.2 Å². The van der Waals surface area contributed by atoms with Gasteiger partial charge in [-0.05, 0) is 24.1 Å². The van der Waals surface area contributed by atoms with Crippen molar-refractivity contribution in [3.05, 3.63) is 59.7 Å². The molecule has 0 atom stereocenters. The van der Waals surface area contributed by atoms with Crippen LogP contribution >= 0.6 is 0 Å². The molecule has 2 aromatic carbocycles. The van der Waals surface area contributed by atoms with Crippen molar-refractivity contribution in [1.29, 1.82) is 0 Å². The second-order valence-corrected chi connectivity index (χ2v) is 5.62. The average molecular weight is 337 g/mol. The van der Waals surface area contributed by atoms with Gasteiger partial charge in [-0.25, -0.2) is 4.79 Å². The molecule has 0 spiro atoms. The molecule has 0 aliphatic carbocycles. The van der Waals surface area contributed by atoms with Gasteiger partial charge in [0.1, 0.15) is 0 Å².